The Bertz CT molecular complexity index is 1120. The molecule has 28 heavy (non-hydrogen) atoms. The highest BCUT2D eigenvalue weighted by atomic mass is 16.6. The highest BCUT2D eigenvalue weighted by Crippen LogP contribution is 2.32. The minimum Gasteiger partial charge on any atom is -0.486 e. The standard InChI is InChI=1S/C21H19NO6/c1-12-9-20(24)28-21-13(2)16(6-4-15(12)21)27-11-19(23)22-14-3-5-17-18(10-14)26-8-7-25-17/h3-6,9-10H,7-8,11H2,1-2H3,(H,22,23). The molecule has 7 heteroatoms. The number of fused-ring (bicyclic) bond motifs is 2. The van der Waals surface area contributed by atoms with Gasteiger partial charge in [-0.05, 0) is 43.7 Å². The first kappa shape index (κ1) is 17.9. The second kappa shape index (κ2) is 7.26. The van der Waals surface area contributed by atoms with E-state index in [4.69, 9.17) is 18.6 Å². The molecule has 1 aliphatic heterocycles. The Hall–Kier alpha value is -3.48. The van der Waals surface area contributed by atoms with Crippen molar-refractivity contribution in [3.05, 3.63) is 57.9 Å². The van der Waals surface area contributed by atoms with E-state index < -0.39 is 5.63 Å². The van der Waals surface area contributed by atoms with E-state index >= 15 is 0 Å². The van der Waals surface area contributed by atoms with Crippen molar-refractivity contribution in [3.8, 4) is 17.2 Å². The van der Waals surface area contributed by atoms with Gasteiger partial charge in [-0.1, -0.05) is 0 Å². The van der Waals surface area contributed by atoms with Crippen molar-refractivity contribution in [1.29, 1.82) is 0 Å². The van der Waals surface area contributed by atoms with Gasteiger partial charge in [0.05, 0.1) is 0 Å². The van der Waals surface area contributed by atoms with Gasteiger partial charge in [-0.15, -0.1) is 0 Å². The van der Waals surface area contributed by atoms with Gasteiger partial charge in [0.2, 0.25) is 0 Å². The molecule has 2 heterocycles. The molecule has 0 saturated heterocycles. The first-order valence-electron chi connectivity index (χ1n) is 8.87. The molecule has 0 fully saturated rings. The number of amides is 1. The van der Waals surface area contributed by atoms with Gasteiger partial charge in [0, 0.05) is 28.8 Å². The maximum absolute atomic E-state index is 12.3. The van der Waals surface area contributed by atoms with Crippen LogP contribution in [0, 0.1) is 13.8 Å². The van der Waals surface area contributed by atoms with E-state index in [1.807, 2.05) is 13.0 Å². The van der Waals surface area contributed by atoms with Gasteiger partial charge in [0.25, 0.3) is 5.91 Å². The summed E-state index contributed by atoms with van der Waals surface area (Å²) in [6.45, 7) is 4.44. The lowest BCUT2D eigenvalue weighted by molar-refractivity contribution is -0.118. The third kappa shape index (κ3) is 3.51. The lowest BCUT2D eigenvalue weighted by Crippen LogP contribution is -2.21. The summed E-state index contributed by atoms with van der Waals surface area (Å²) in [5.74, 6) is 1.42. The van der Waals surface area contributed by atoms with E-state index in [9.17, 15) is 9.59 Å². The molecule has 7 nitrogen and oxygen atoms in total. The molecule has 2 aromatic carbocycles. The molecule has 0 saturated carbocycles. The Kier molecular flexibility index (Phi) is 4.65. The number of nitrogens with one attached hydrogen (secondary N) is 1. The van der Waals surface area contributed by atoms with Crippen molar-refractivity contribution >= 4 is 22.6 Å². The van der Waals surface area contributed by atoms with Crippen LogP contribution in [0.25, 0.3) is 11.0 Å². The van der Waals surface area contributed by atoms with E-state index in [1.54, 1.807) is 31.2 Å². The maximum atomic E-state index is 12.3. The Balaban J connectivity index is 1.46. The van der Waals surface area contributed by atoms with Crippen LogP contribution in [0.4, 0.5) is 5.69 Å². The van der Waals surface area contributed by atoms with Crippen LogP contribution in [0.5, 0.6) is 17.2 Å². The summed E-state index contributed by atoms with van der Waals surface area (Å²) in [7, 11) is 0. The van der Waals surface area contributed by atoms with Gasteiger partial charge >= 0.3 is 5.63 Å². The predicted octanol–water partition coefficient (Wildman–Crippen LogP) is 3.20. The zero-order chi connectivity index (χ0) is 19.7. The first-order chi connectivity index (χ1) is 13.5. The number of hydrogen-bond acceptors (Lipinski definition) is 6. The Morgan fingerprint density at radius 2 is 1.86 bits per heavy atom. The summed E-state index contributed by atoms with van der Waals surface area (Å²) in [6, 6.07) is 10.2. The fourth-order valence-corrected chi connectivity index (χ4v) is 3.12. The fourth-order valence-electron chi connectivity index (χ4n) is 3.12. The fraction of sp³-hybridized carbons (Fsp3) is 0.238. The van der Waals surface area contributed by atoms with Gasteiger partial charge in [0.15, 0.2) is 18.1 Å². The van der Waals surface area contributed by atoms with Crippen molar-refractivity contribution < 1.29 is 23.4 Å². The molecule has 0 bridgehead atoms. The maximum Gasteiger partial charge on any atom is 0.336 e. The zero-order valence-corrected chi connectivity index (χ0v) is 15.5. The van der Waals surface area contributed by atoms with Crippen LogP contribution in [0.1, 0.15) is 11.1 Å². The number of ether oxygens (including phenoxy) is 3. The van der Waals surface area contributed by atoms with Crippen molar-refractivity contribution in [2.45, 2.75) is 13.8 Å². The molecule has 3 aromatic rings. The summed E-state index contributed by atoms with van der Waals surface area (Å²) in [4.78, 5) is 23.9. The van der Waals surface area contributed by atoms with E-state index in [1.165, 1.54) is 6.07 Å². The molecule has 0 spiro atoms. The summed E-state index contributed by atoms with van der Waals surface area (Å²) >= 11 is 0. The highest BCUT2D eigenvalue weighted by Gasteiger charge is 2.14. The second-order valence-corrected chi connectivity index (χ2v) is 6.51. The molecular formula is C21H19NO6. The third-order valence-corrected chi connectivity index (χ3v) is 4.50. The third-order valence-electron chi connectivity index (χ3n) is 4.50. The average Bonchev–Trinajstić information content (AvgIpc) is 2.68. The molecule has 0 unspecified atom stereocenters. The number of anilines is 1. The summed E-state index contributed by atoms with van der Waals surface area (Å²) < 4.78 is 21.9. The Morgan fingerprint density at radius 1 is 1.07 bits per heavy atom. The number of carbonyl (C=O) groups excluding carboxylic acids is 1. The van der Waals surface area contributed by atoms with Crippen molar-refractivity contribution in [1.82, 2.24) is 0 Å². The molecule has 1 aliphatic rings. The van der Waals surface area contributed by atoms with E-state index in [0.29, 0.717) is 47.3 Å². The molecular weight excluding hydrogens is 362 g/mol. The molecule has 4 rings (SSSR count). The van der Waals surface area contributed by atoms with Gasteiger partial charge in [-0.2, -0.15) is 0 Å². The number of carbonyl (C=O) groups is 1. The monoisotopic (exact) mass is 381 g/mol. The van der Waals surface area contributed by atoms with Crippen LogP contribution in [0.15, 0.2) is 45.6 Å². The molecule has 144 valence electrons. The SMILES string of the molecule is Cc1cc(=O)oc2c(C)c(OCC(=O)Nc3ccc4c(c3)OCCO4)ccc12. The summed E-state index contributed by atoms with van der Waals surface area (Å²) in [5.41, 5.74) is 2.15. The van der Waals surface area contributed by atoms with Crippen molar-refractivity contribution in [2.75, 3.05) is 25.1 Å². The Morgan fingerprint density at radius 3 is 2.68 bits per heavy atom. The average molecular weight is 381 g/mol. The van der Waals surface area contributed by atoms with Crippen LogP contribution in [0.2, 0.25) is 0 Å². The Labute approximate surface area is 160 Å². The van der Waals surface area contributed by atoms with Crippen LogP contribution in [-0.4, -0.2) is 25.7 Å². The number of hydrogen-bond donors (Lipinski definition) is 1. The smallest absolute Gasteiger partial charge is 0.336 e. The van der Waals surface area contributed by atoms with Crippen LogP contribution in [0.3, 0.4) is 0 Å². The zero-order valence-electron chi connectivity index (χ0n) is 15.5. The lowest BCUT2D eigenvalue weighted by Gasteiger charge is -2.19. The van der Waals surface area contributed by atoms with Gasteiger partial charge in [-0.3, -0.25) is 4.79 Å². The van der Waals surface area contributed by atoms with Crippen molar-refractivity contribution in [2.24, 2.45) is 0 Å². The van der Waals surface area contributed by atoms with Gasteiger partial charge < -0.3 is 23.9 Å². The molecule has 0 aliphatic carbocycles. The molecule has 1 N–H and O–H groups in total. The van der Waals surface area contributed by atoms with Crippen LogP contribution < -0.4 is 25.2 Å². The van der Waals surface area contributed by atoms with E-state index in [2.05, 4.69) is 5.32 Å². The van der Waals surface area contributed by atoms with Crippen LogP contribution in [-0.2, 0) is 4.79 Å². The molecule has 0 atom stereocenters. The van der Waals surface area contributed by atoms with Crippen LogP contribution >= 0.6 is 0 Å². The molecule has 1 amide bonds. The number of aryl methyl sites for hydroxylation is 2. The second-order valence-electron chi connectivity index (χ2n) is 6.51. The minimum atomic E-state index is -0.415. The quantitative estimate of drug-likeness (QED) is 0.699. The van der Waals surface area contributed by atoms with E-state index in [0.717, 1.165) is 10.9 Å². The summed E-state index contributed by atoms with van der Waals surface area (Å²) in [6.07, 6.45) is 0. The first-order valence-corrected chi connectivity index (χ1v) is 8.87. The topological polar surface area (TPSA) is 87.0 Å². The van der Waals surface area contributed by atoms with Gasteiger partial charge in [0.1, 0.15) is 24.5 Å². The normalized spacial score (nSPS) is 12.6. The largest absolute Gasteiger partial charge is 0.486 e. The minimum absolute atomic E-state index is 0.184. The predicted molar refractivity (Wildman–Crippen MR) is 104 cm³/mol. The number of benzene rings is 2. The van der Waals surface area contributed by atoms with Crippen molar-refractivity contribution in [3.63, 3.8) is 0 Å². The van der Waals surface area contributed by atoms with E-state index in [-0.39, 0.29) is 12.5 Å². The highest BCUT2D eigenvalue weighted by molar-refractivity contribution is 5.92. The number of rotatable bonds is 4. The molecule has 0 radical (unpaired) electrons. The molecule has 1 aromatic heterocycles. The lowest BCUT2D eigenvalue weighted by atomic mass is 10.1. The van der Waals surface area contributed by atoms with Gasteiger partial charge in [-0.25, -0.2) is 4.79 Å². The summed E-state index contributed by atoms with van der Waals surface area (Å²) in [5, 5.41) is 3.60.